The Labute approximate surface area is 127 Å². The van der Waals surface area contributed by atoms with Crippen molar-refractivity contribution in [2.45, 2.75) is 19.1 Å². The summed E-state index contributed by atoms with van der Waals surface area (Å²) in [6.07, 6.45) is -0.521. The molecule has 2 rings (SSSR count). The molecule has 0 saturated carbocycles. The van der Waals surface area contributed by atoms with Crippen LogP contribution in [0.1, 0.15) is 12.0 Å². The lowest BCUT2D eigenvalue weighted by molar-refractivity contribution is -0.148. The molecular weight excluding hydrogens is 290 g/mol. The summed E-state index contributed by atoms with van der Waals surface area (Å²) in [4.78, 5) is 23.5. The third kappa shape index (κ3) is 4.19. The Hall–Kier alpha value is -2.12. The second-order valence-corrected chi connectivity index (χ2v) is 5.33. The van der Waals surface area contributed by atoms with Crippen LogP contribution in [0, 0.1) is 5.92 Å². The quantitative estimate of drug-likeness (QED) is 0.699. The highest BCUT2D eigenvalue weighted by Gasteiger charge is 2.32. The van der Waals surface area contributed by atoms with Crippen molar-refractivity contribution in [1.29, 1.82) is 0 Å². The van der Waals surface area contributed by atoms with Gasteiger partial charge in [-0.25, -0.2) is 4.79 Å². The first-order chi connectivity index (χ1) is 10.5. The average Bonchev–Trinajstić information content (AvgIpc) is 2.46. The van der Waals surface area contributed by atoms with Crippen molar-refractivity contribution in [1.82, 2.24) is 4.90 Å². The topological polar surface area (TPSA) is 107 Å². The largest absolute Gasteiger partial charge is 0.482 e. The third-order valence-corrected chi connectivity index (χ3v) is 3.70. The van der Waals surface area contributed by atoms with Gasteiger partial charge in [0.1, 0.15) is 5.75 Å². The standard InChI is InChI=1S/C15H19NO6/c17-12-8-16(6-5-11(12)15(20)21)7-10-3-1-2-4-13(10)22-9-14(18)19/h1-4,11-12,17H,5-9H2,(H,18,19)(H,20,21)/t11-,12+/m0/s1. The summed E-state index contributed by atoms with van der Waals surface area (Å²) in [5.74, 6) is -2.26. The van der Waals surface area contributed by atoms with Crippen molar-refractivity contribution in [2.75, 3.05) is 19.7 Å². The maximum absolute atomic E-state index is 11.0. The Morgan fingerprint density at radius 3 is 2.64 bits per heavy atom. The summed E-state index contributed by atoms with van der Waals surface area (Å²) >= 11 is 0. The number of carboxylic acids is 2. The summed E-state index contributed by atoms with van der Waals surface area (Å²) in [5.41, 5.74) is 0.810. The van der Waals surface area contributed by atoms with Crippen LogP contribution in [0.5, 0.6) is 5.75 Å². The van der Waals surface area contributed by atoms with Crippen LogP contribution in [0.15, 0.2) is 24.3 Å². The highest BCUT2D eigenvalue weighted by molar-refractivity contribution is 5.71. The van der Waals surface area contributed by atoms with E-state index in [0.717, 1.165) is 5.56 Å². The molecular formula is C15H19NO6. The summed E-state index contributed by atoms with van der Waals surface area (Å²) < 4.78 is 5.24. The van der Waals surface area contributed by atoms with E-state index in [9.17, 15) is 14.7 Å². The van der Waals surface area contributed by atoms with Crippen molar-refractivity contribution >= 4 is 11.9 Å². The molecule has 1 heterocycles. The van der Waals surface area contributed by atoms with Gasteiger partial charge >= 0.3 is 11.9 Å². The van der Waals surface area contributed by atoms with E-state index in [1.54, 1.807) is 12.1 Å². The minimum absolute atomic E-state index is 0.268. The average molecular weight is 309 g/mol. The van der Waals surface area contributed by atoms with Gasteiger partial charge in [0.2, 0.25) is 0 Å². The predicted octanol–water partition coefficient (Wildman–Crippen LogP) is 0.417. The van der Waals surface area contributed by atoms with E-state index in [1.807, 2.05) is 17.0 Å². The van der Waals surface area contributed by atoms with Crippen LogP contribution < -0.4 is 4.74 Å². The molecule has 2 atom stereocenters. The number of aliphatic carboxylic acids is 2. The first-order valence-electron chi connectivity index (χ1n) is 7.03. The molecule has 0 bridgehead atoms. The molecule has 1 aliphatic rings. The number of aliphatic hydroxyl groups excluding tert-OH is 1. The number of para-hydroxylation sites is 1. The van der Waals surface area contributed by atoms with E-state index in [1.165, 1.54) is 0 Å². The molecule has 1 aromatic rings. The summed E-state index contributed by atoms with van der Waals surface area (Å²) in [6.45, 7) is 0.880. The van der Waals surface area contributed by atoms with Crippen molar-refractivity contribution in [3.63, 3.8) is 0 Å². The van der Waals surface area contributed by atoms with Crippen LogP contribution in [0.3, 0.4) is 0 Å². The molecule has 0 spiro atoms. The van der Waals surface area contributed by atoms with Gasteiger partial charge in [-0.05, 0) is 19.0 Å². The molecule has 120 valence electrons. The number of aliphatic hydroxyl groups is 1. The maximum Gasteiger partial charge on any atom is 0.341 e. The lowest BCUT2D eigenvalue weighted by Crippen LogP contribution is -2.46. The minimum atomic E-state index is -1.05. The fourth-order valence-corrected chi connectivity index (χ4v) is 2.58. The highest BCUT2D eigenvalue weighted by atomic mass is 16.5. The molecule has 3 N–H and O–H groups in total. The molecule has 22 heavy (non-hydrogen) atoms. The Kier molecular flexibility index (Phi) is 5.35. The molecule has 0 radical (unpaired) electrons. The molecule has 0 aliphatic carbocycles. The third-order valence-electron chi connectivity index (χ3n) is 3.70. The van der Waals surface area contributed by atoms with Gasteiger partial charge in [0, 0.05) is 18.7 Å². The summed E-state index contributed by atoms with van der Waals surface area (Å²) in [7, 11) is 0. The number of piperidine rings is 1. The zero-order chi connectivity index (χ0) is 16.1. The van der Waals surface area contributed by atoms with Crippen LogP contribution >= 0.6 is 0 Å². The molecule has 1 saturated heterocycles. The number of rotatable bonds is 6. The molecule has 0 unspecified atom stereocenters. The van der Waals surface area contributed by atoms with Crippen molar-refractivity contribution in [3.8, 4) is 5.75 Å². The first kappa shape index (κ1) is 16.3. The van der Waals surface area contributed by atoms with Gasteiger partial charge in [-0.2, -0.15) is 0 Å². The molecule has 0 aromatic heterocycles. The zero-order valence-electron chi connectivity index (χ0n) is 12.0. The number of ether oxygens (including phenoxy) is 1. The molecule has 1 fully saturated rings. The van der Waals surface area contributed by atoms with Crippen LogP contribution in [-0.2, 0) is 16.1 Å². The van der Waals surface area contributed by atoms with E-state index < -0.39 is 30.6 Å². The Morgan fingerprint density at radius 1 is 1.27 bits per heavy atom. The second kappa shape index (κ2) is 7.24. The zero-order valence-corrected chi connectivity index (χ0v) is 12.0. The normalized spacial score (nSPS) is 22.2. The van der Waals surface area contributed by atoms with E-state index in [-0.39, 0.29) is 6.54 Å². The highest BCUT2D eigenvalue weighted by Crippen LogP contribution is 2.24. The van der Waals surface area contributed by atoms with E-state index >= 15 is 0 Å². The Balaban J connectivity index is 1.99. The summed E-state index contributed by atoms with van der Waals surface area (Å²) in [5, 5.41) is 27.6. The number of carboxylic acid groups (broad SMARTS) is 2. The van der Waals surface area contributed by atoms with E-state index in [4.69, 9.17) is 14.9 Å². The number of hydrogen-bond acceptors (Lipinski definition) is 5. The van der Waals surface area contributed by atoms with Gasteiger partial charge in [-0.3, -0.25) is 9.69 Å². The van der Waals surface area contributed by atoms with Gasteiger partial charge in [0.15, 0.2) is 6.61 Å². The SMILES string of the molecule is O=C(O)COc1ccccc1CN1CC[C@H](C(=O)O)[C@H](O)C1. The lowest BCUT2D eigenvalue weighted by atomic mass is 9.94. The molecule has 0 amide bonds. The fourth-order valence-electron chi connectivity index (χ4n) is 2.58. The number of hydrogen-bond donors (Lipinski definition) is 3. The Morgan fingerprint density at radius 2 is 2.00 bits per heavy atom. The van der Waals surface area contributed by atoms with E-state index in [0.29, 0.717) is 25.3 Å². The second-order valence-electron chi connectivity index (χ2n) is 5.33. The Bertz CT molecular complexity index is 547. The van der Waals surface area contributed by atoms with Crippen molar-refractivity contribution in [3.05, 3.63) is 29.8 Å². The molecule has 7 heteroatoms. The van der Waals surface area contributed by atoms with Gasteiger partial charge in [-0.15, -0.1) is 0 Å². The maximum atomic E-state index is 11.0. The monoisotopic (exact) mass is 309 g/mol. The van der Waals surface area contributed by atoms with E-state index in [2.05, 4.69) is 0 Å². The smallest absolute Gasteiger partial charge is 0.341 e. The number of carbonyl (C=O) groups is 2. The molecule has 7 nitrogen and oxygen atoms in total. The molecule has 1 aliphatic heterocycles. The van der Waals surface area contributed by atoms with Crippen LogP contribution in [0.25, 0.3) is 0 Å². The number of nitrogens with zero attached hydrogens (tertiary/aromatic N) is 1. The number of likely N-dealkylation sites (tertiary alicyclic amines) is 1. The van der Waals surface area contributed by atoms with Gasteiger partial charge in [-0.1, -0.05) is 18.2 Å². The predicted molar refractivity (Wildman–Crippen MR) is 76.6 cm³/mol. The first-order valence-corrected chi connectivity index (χ1v) is 7.03. The minimum Gasteiger partial charge on any atom is -0.482 e. The van der Waals surface area contributed by atoms with Crippen LogP contribution in [0.4, 0.5) is 0 Å². The van der Waals surface area contributed by atoms with Gasteiger partial charge < -0.3 is 20.1 Å². The van der Waals surface area contributed by atoms with Crippen molar-refractivity contribution in [2.24, 2.45) is 5.92 Å². The van der Waals surface area contributed by atoms with Gasteiger partial charge in [0.05, 0.1) is 12.0 Å². The number of benzene rings is 1. The fraction of sp³-hybridized carbons (Fsp3) is 0.467. The van der Waals surface area contributed by atoms with Crippen LogP contribution in [0.2, 0.25) is 0 Å². The van der Waals surface area contributed by atoms with Gasteiger partial charge in [0.25, 0.3) is 0 Å². The number of β-amino-alcohol motifs (C(OH)–C–C–N with tert-alkyl or cyclic N) is 1. The molecule has 1 aromatic carbocycles. The van der Waals surface area contributed by atoms with Crippen molar-refractivity contribution < 1.29 is 29.6 Å². The summed E-state index contributed by atoms with van der Waals surface area (Å²) in [6, 6.07) is 7.10. The lowest BCUT2D eigenvalue weighted by Gasteiger charge is -2.34. The van der Waals surface area contributed by atoms with Crippen LogP contribution in [-0.4, -0.2) is 58.0 Å².